The minimum absolute atomic E-state index is 0. The number of hydrogen-bond donors (Lipinski definition) is 2. The molecule has 0 heterocycles. The van der Waals surface area contributed by atoms with Crippen molar-refractivity contribution >= 4 is 29.9 Å². The molecule has 180 valence electrons. The summed E-state index contributed by atoms with van der Waals surface area (Å²) in [5.41, 5.74) is 1.18. The van der Waals surface area contributed by atoms with Crippen LogP contribution in [0.1, 0.15) is 52.5 Å². The van der Waals surface area contributed by atoms with Crippen molar-refractivity contribution in [2.75, 3.05) is 53.4 Å². The molecule has 1 rings (SSSR count). The molecular weight excluding hydrogens is 501 g/mol. The molecule has 0 saturated carbocycles. The van der Waals surface area contributed by atoms with E-state index in [2.05, 4.69) is 74.4 Å². The quantitative estimate of drug-likeness (QED) is 0.149. The van der Waals surface area contributed by atoms with Crippen LogP contribution >= 0.6 is 24.0 Å². The Hall–Kier alpha value is -1.06. The molecule has 31 heavy (non-hydrogen) atoms. The van der Waals surface area contributed by atoms with Gasteiger partial charge in [-0.15, -0.1) is 24.0 Å². The molecule has 0 aliphatic carbocycles. The average molecular weight is 548 g/mol. The smallest absolute Gasteiger partial charge is 0.191 e. The van der Waals surface area contributed by atoms with Crippen molar-refractivity contribution in [3.05, 3.63) is 29.8 Å². The molecule has 0 amide bonds. The number of nitrogens with one attached hydrogen (secondary N) is 2. The lowest BCUT2D eigenvalue weighted by molar-refractivity contribution is 0.281. The Balaban J connectivity index is 0.00000900. The van der Waals surface area contributed by atoms with E-state index in [9.17, 15) is 0 Å². The summed E-state index contributed by atoms with van der Waals surface area (Å²) in [6, 6.07) is 8.67. The second kappa shape index (κ2) is 18.5. The first-order valence-electron chi connectivity index (χ1n) is 11.6. The number of aliphatic imine (C=N–C) groups is 1. The van der Waals surface area contributed by atoms with Crippen LogP contribution < -0.4 is 15.4 Å². The summed E-state index contributed by atoms with van der Waals surface area (Å²) < 4.78 is 5.81. The maximum Gasteiger partial charge on any atom is 0.191 e. The van der Waals surface area contributed by atoms with Crippen molar-refractivity contribution in [1.82, 2.24) is 20.4 Å². The van der Waals surface area contributed by atoms with E-state index in [1.54, 1.807) is 0 Å². The van der Waals surface area contributed by atoms with Crippen LogP contribution in [0.2, 0.25) is 0 Å². The topological polar surface area (TPSA) is 52.1 Å². The van der Waals surface area contributed by atoms with Gasteiger partial charge in [-0.25, -0.2) is 4.99 Å². The molecule has 2 N–H and O–H groups in total. The zero-order valence-corrected chi connectivity index (χ0v) is 22.9. The van der Waals surface area contributed by atoms with E-state index in [1.165, 1.54) is 12.0 Å². The molecule has 0 saturated heterocycles. The largest absolute Gasteiger partial charge is 0.494 e. The zero-order chi connectivity index (χ0) is 22.2. The number of hydrogen-bond acceptors (Lipinski definition) is 4. The Bertz CT molecular complexity index is 576. The van der Waals surface area contributed by atoms with Gasteiger partial charge in [-0.2, -0.15) is 0 Å². The third-order valence-corrected chi connectivity index (χ3v) is 5.09. The zero-order valence-electron chi connectivity index (χ0n) is 20.6. The lowest BCUT2D eigenvalue weighted by Gasteiger charge is -2.21. The average Bonchev–Trinajstić information content (AvgIpc) is 2.73. The highest BCUT2D eigenvalue weighted by molar-refractivity contribution is 14.0. The molecular formula is C24H46IN5O. The van der Waals surface area contributed by atoms with Crippen molar-refractivity contribution in [2.45, 2.75) is 59.5 Å². The fourth-order valence-corrected chi connectivity index (χ4v) is 3.22. The predicted molar refractivity (Wildman–Crippen MR) is 145 cm³/mol. The SMILES string of the molecule is CCNC(=NCc1ccc(OCCCN(C)C)cc1)NC(C)CCCN(CC)CC.I. The molecule has 0 radical (unpaired) electrons. The maximum absolute atomic E-state index is 5.81. The second-order valence-electron chi connectivity index (χ2n) is 8.06. The summed E-state index contributed by atoms with van der Waals surface area (Å²) in [7, 11) is 4.16. The van der Waals surface area contributed by atoms with Gasteiger partial charge in [0.25, 0.3) is 0 Å². The van der Waals surface area contributed by atoms with Crippen LogP contribution in [0.25, 0.3) is 0 Å². The third-order valence-electron chi connectivity index (χ3n) is 5.09. The standard InChI is InChI=1S/C24H45N5O.HI/c1-7-25-24(27-21(4)12-10-18-29(8-2)9-3)26-20-22-13-15-23(16-14-22)30-19-11-17-28(5)6;/h13-16,21H,7-12,17-20H2,1-6H3,(H2,25,26,27);1H. The molecule has 1 atom stereocenters. The van der Waals surface area contributed by atoms with E-state index < -0.39 is 0 Å². The Morgan fingerprint density at radius 3 is 2.29 bits per heavy atom. The minimum Gasteiger partial charge on any atom is -0.494 e. The summed E-state index contributed by atoms with van der Waals surface area (Å²) >= 11 is 0. The molecule has 1 aromatic carbocycles. The van der Waals surface area contributed by atoms with E-state index in [0.717, 1.165) is 63.9 Å². The number of benzene rings is 1. The van der Waals surface area contributed by atoms with E-state index >= 15 is 0 Å². The van der Waals surface area contributed by atoms with Gasteiger partial charge in [-0.05, 0) is 84.5 Å². The van der Waals surface area contributed by atoms with Crippen molar-refractivity contribution in [2.24, 2.45) is 4.99 Å². The van der Waals surface area contributed by atoms with Crippen LogP contribution in [-0.4, -0.2) is 75.2 Å². The van der Waals surface area contributed by atoms with Gasteiger partial charge in [0, 0.05) is 19.1 Å². The van der Waals surface area contributed by atoms with E-state index in [1.807, 2.05) is 12.1 Å². The Morgan fingerprint density at radius 2 is 1.71 bits per heavy atom. The Morgan fingerprint density at radius 1 is 1.03 bits per heavy atom. The molecule has 0 aliphatic heterocycles. The summed E-state index contributed by atoms with van der Waals surface area (Å²) in [6.07, 6.45) is 3.37. The lowest BCUT2D eigenvalue weighted by Crippen LogP contribution is -2.42. The number of ether oxygens (including phenoxy) is 1. The normalized spacial score (nSPS) is 12.6. The van der Waals surface area contributed by atoms with E-state index in [0.29, 0.717) is 12.6 Å². The first kappa shape index (κ1) is 29.9. The number of rotatable bonds is 15. The van der Waals surface area contributed by atoms with Gasteiger partial charge in [-0.3, -0.25) is 0 Å². The Kier molecular flexibility index (Phi) is 17.9. The van der Waals surface area contributed by atoms with Gasteiger partial charge in [0.15, 0.2) is 5.96 Å². The first-order valence-corrected chi connectivity index (χ1v) is 11.6. The monoisotopic (exact) mass is 547 g/mol. The van der Waals surface area contributed by atoms with Crippen molar-refractivity contribution in [3.63, 3.8) is 0 Å². The highest BCUT2D eigenvalue weighted by Crippen LogP contribution is 2.13. The summed E-state index contributed by atoms with van der Waals surface area (Å²) in [5, 5.41) is 6.90. The summed E-state index contributed by atoms with van der Waals surface area (Å²) in [6.45, 7) is 15.5. The van der Waals surface area contributed by atoms with Gasteiger partial charge in [0.05, 0.1) is 13.2 Å². The van der Waals surface area contributed by atoms with Gasteiger partial charge < -0.3 is 25.2 Å². The molecule has 1 aromatic rings. The van der Waals surface area contributed by atoms with Crippen LogP contribution in [0.4, 0.5) is 0 Å². The van der Waals surface area contributed by atoms with E-state index in [4.69, 9.17) is 9.73 Å². The first-order chi connectivity index (χ1) is 14.5. The molecule has 1 unspecified atom stereocenters. The fraction of sp³-hybridized carbons (Fsp3) is 0.708. The highest BCUT2D eigenvalue weighted by atomic mass is 127. The molecule has 0 aliphatic rings. The van der Waals surface area contributed by atoms with Gasteiger partial charge in [-0.1, -0.05) is 26.0 Å². The van der Waals surface area contributed by atoms with Crippen LogP contribution in [0.3, 0.4) is 0 Å². The van der Waals surface area contributed by atoms with Crippen molar-refractivity contribution in [3.8, 4) is 5.75 Å². The minimum atomic E-state index is 0. The number of guanidine groups is 1. The highest BCUT2D eigenvalue weighted by Gasteiger charge is 2.07. The van der Waals surface area contributed by atoms with Gasteiger partial charge in [0.1, 0.15) is 5.75 Å². The molecule has 0 fully saturated rings. The number of nitrogens with zero attached hydrogens (tertiary/aromatic N) is 3. The number of halogens is 1. The molecule has 0 bridgehead atoms. The fourth-order valence-electron chi connectivity index (χ4n) is 3.22. The molecule has 0 spiro atoms. The third kappa shape index (κ3) is 14.6. The molecule has 7 heteroatoms. The van der Waals surface area contributed by atoms with Crippen LogP contribution in [0.5, 0.6) is 5.75 Å². The van der Waals surface area contributed by atoms with Crippen LogP contribution in [-0.2, 0) is 6.54 Å². The van der Waals surface area contributed by atoms with Crippen LogP contribution in [0, 0.1) is 0 Å². The lowest BCUT2D eigenvalue weighted by atomic mass is 10.2. The molecule has 6 nitrogen and oxygen atoms in total. The van der Waals surface area contributed by atoms with E-state index in [-0.39, 0.29) is 24.0 Å². The maximum atomic E-state index is 5.81. The summed E-state index contributed by atoms with van der Waals surface area (Å²) in [5.74, 6) is 1.81. The molecule has 0 aromatic heterocycles. The predicted octanol–water partition coefficient (Wildman–Crippen LogP) is 4.20. The Labute approximate surface area is 208 Å². The summed E-state index contributed by atoms with van der Waals surface area (Å²) in [4.78, 5) is 9.41. The van der Waals surface area contributed by atoms with Gasteiger partial charge in [0.2, 0.25) is 0 Å². The van der Waals surface area contributed by atoms with Crippen molar-refractivity contribution < 1.29 is 4.74 Å². The second-order valence-corrected chi connectivity index (χ2v) is 8.06. The van der Waals surface area contributed by atoms with Crippen molar-refractivity contribution in [1.29, 1.82) is 0 Å². The van der Waals surface area contributed by atoms with Crippen LogP contribution in [0.15, 0.2) is 29.3 Å². The van der Waals surface area contributed by atoms with Gasteiger partial charge >= 0.3 is 0 Å².